The number of hydrogen-bond acceptors (Lipinski definition) is 3. The predicted octanol–water partition coefficient (Wildman–Crippen LogP) is 2.32. The highest BCUT2D eigenvalue weighted by atomic mass is 32.2. The molecule has 90 valence electrons. The second kappa shape index (κ2) is 4.83. The lowest BCUT2D eigenvalue weighted by Crippen LogP contribution is -2.30. The molecule has 1 aromatic carbocycles. The van der Waals surface area contributed by atoms with E-state index in [2.05, 4.69) is 0 Å². The fraction of sp³-hybridized carbons (Fsp3) is 0.273. The van der Waals surface area contributed by atoms with Gasteiger partial charge in [-0.05, 0) is 12.1 Å². The van der Waals surface area contributed by atoms with Gasteiger partial charge in [0.1, 0.15) is 11.6 Å². The summed E-state index contributed by atoms with van der Waals surface area (Å²) in [6, 6.07) is 2.78. The zero-order valence-electron chi connectivity index (χ0n) is 8.78. The van der Waals surface area contributed by atoms with Gasteiger partial charge >= 0.3 is 0 Å². The highest BCUT2D eigenvalue weighted by Crippen LogP contribution is 2.18. The number of benzene rings is 1. The summed E-state index contributed by atoms with van der Waals surface area (Å²) in [5.41, 5.74) is -0.184. The largest absolute Gasteiger partial charge is 0.325 e. The van der Waals surface area contributed by atoms with Gasteiger partial charge in [-0.3, -0.25) is 9.59 Å². The Labute approximate surface area is 101 Å². The zero-order chi connectivity index (χ0) is 12.4. The Kier molecular flexibility index (Phi) is 3.42. The number of nitrogens with zero attached hydrogens (tertiary/aromatic N) is 1. The third-order valence-corrected chi connectivity index (χ3v) is 3.30. The van der Waals surface area contributed by atoms with E-state index in [0.29, 0.717) is 18.4 Å². The van der Waals surface area contributed by atoms with Crippen LogP contribution in [0.5, 0.6) is 0 Å². The molecule has 1 aliphatic heterocycles. The molecule has 0 unspecified atom stereocenters. The molecule has 0 radical (unpaired) electrons. The molecule has 3 nitrogen and oxygen atoms in total. The minimum absolute atomic E-state index is 0.158. The summed E-state index contributed by atoms with van der Waals surface area (Å²) in [6.45, 7) is 0.326. The SMILES string of the molecule is O=C(CN1CCSC1=O)c1ccc(F)cc1F. The van der Waals surface area contributed by atoms with E-state index >= 15 is 0 Å². The Bertz CT molecular complexity index is 479. The zero-order valence-corrected chi connectivity index (χ0v) is 9.60. The van der Waals surface area contributed by atoms with Crippen LogP contribution < -0.4 is 0 Å². The van der Waals surface area contributed by atoms with Crippen molar-refractivity contribution in [2.45, 2.75) is 0 Å². The summed E-state index contributed by atoms with van der Waals surface area (Å²) in [5, 5.41) is -0.180. The summed E-state index contributed by atoms with van der Waals surface area (Å²) < 4.78 is 26.0. The van der Waals surface area contributed by atoms with E-state index < -0.39 is 17.4 Å². The van der Waals surface area contributed by atoms with E-state index in [4.69, 9.17) is 0 Å². The molecular weight excluding hydrogens is 248 g/mol. The summed E-state index contributed by atoms with van der Waals surface area (Å²) in [5.74, 6) is -1.50. The van der Waals surface area contributed by atoms with Gasteiger partial charge in [0.15, 0.2) is 5.78 Å². The highest BCUT2D eigenvalue weighted by Gasteiger charge is 2.24. The summed E-state index contributed by atoms with van der Waals surface area (Å²) in [7, 11) is 0. The maximum atomic E-state index is 13.3. The van der Waals surface area contributed by atoms with Crippen LogP contribution in [0, 0.1) is 11.6 Å². The van der Waals surface area contributed by atoms with Crippen LogP contribution in [0.2, 0.25) is 0 Å². The molecule has 2 rings (SSSR count). The topological polar surface area (TPSA) is 37.4 Å². The first-order valence-electron chi connectivity index (χ1n) is 4.98. The van der Waals surface area contributed by atoms with Gasteiger partial charge in [-0.15, -0.1) is 0 Å². The van der Waals surface area contributed by atoms with Gasteiger partial charge in [-0.25, -0.2) is 8.78 Å². The lowest BCUT2D eigenvalue weighted by Gasteiger charge is -2.13. The van der Waals surface area contributed by atoms with Crippen molar-refractivity contribution in [3.05, 3.63) is 35.4 Å². The molecule has 0 aliphatic carbocycles. The van der Waals surface area contributed by atoms with E-state index in [-0.39, 0.29) is 17.3 Å². The van der Waals surface area contributed by atoms with Crippen molar-refractivity contribution >= 4 is 22.8 Å². The Balaban J connectivity index is 2.11. The molecule has 1 amide bonds. The van der Waals surface area contributed by atoms with Crippen LogP contribution in [-0.2, 0) is 0 Å². The van der Waals surface area contributed by atoms with E-state index in [1.807, 2.05) is 0 Å². The molecule has 1 heterocycles. The number of rotatable bonds is 3. The van der Waals surface area contributed by atoms with Crippen LogP contribution in [0.3, 0.4) is 0 Å². The molecule has 0 bridgehead atoms. The Morgan fingerprint density at radius 1 is 1.41 bits per heavy atom. The average Bonchev–Trinajstić information content (AvgIpc) is 2.64. The van der Waals surface area contributed by atoms with Gasteiger partial charge < -0.3 is 4.90 Å². The van der Waals surface area contributed by atoms with Crippen molar-refractivity contribution in [1.29, 1.82) is 0 Å². The molecular formula is C11H9F2NO2S. The Morgan fingerprint density at radius 3 is 2.76 bits per heavy atom. The van der Waals surface area contributed by atoms with Crippen LogP contribution in [0.15, 0.2) is 18.2 Å². The van der Waals surface area contributed by atoms with E-state index in [0.717, 1.165) is 23.9 Å². The van der Waals surface area contributed by atoms with Gasteiger partial charge in [-0.2, -0.15) is 0 Å². The number of hydrogen-bond donors (Lipinski definition) is 0. The van der Waals surface area contributed by atoms with Gasteiger partial charge in [0, 0.05) is 18.4 Å². The lowest BCUT2D eigenvalue weighted by atomic mass is 10.1. The fourth-order valence-electron chi connectivity index (χ4n) is 1.54. The Hall–Kier alpha value is -1.43. The maximum Gasteiger partial charge on any atom is 0.282 e. The number of thioether (sulfide) groups is 1. The van der Waals surface area contributed by atoms with E-state index in [1.54, 1.807) is 0 Å². The first kappa shape index (κ1) is 12.0. The highest BCUT2D eigenvalue weighted by molar-refractivity contribution is 8.13. The molecule has 1 aromatic rings. The maximum absolute atomic E-state index is 13.3. The number of halogens is 2. The Morgan fingerprint density at radius 2 is 2.18 bits per heavy atom. The normalized spacial score (nSPS) is 15.4. The number of amides is 1. The standard InChI is InChI=1S/C11H9F2NO2S/c12-7-1-2-8(9(13)5-7)10(15)6-14-3-4-17-11(14)16/h1-2,5H,3-4,6H2. The fourth-order valence-corrected chi connectivity index (χ4v) is 2.37. The van der Waals surface area contributed by atoms with Crippen LogP contribution >= 0.6 is 11.8 Å². The molecule has 1 saturated heterocycles. The van der Waals surface area contributed by atoms with Gasteiger partial charge in [0.2, 0.25) is 0 Å². The van der Waals surface area contributed by atoms with Crippen LogP contribution in [0.25, 0.3) is 0 Å². The van der Waals surface area contributed by atoms with Crippen molar-refractivity contribution < 1.29 is 18.4 Å². The van der Waals surface area contributed by atoms with Gasteiger partial charge in [0.05, 0.1) is 12.1 Å². The lowest BCUT2D eigenvalue weighted by molar-refractivity contribution is 0.0952. The molecule has 0 saturated carbocycles. The molecule has 0 aromatic heterocycles. The molecule has 17 heavy (non-hydrogen) atoms. The molecule has 0 N–H and O–H groups in total. The van der Waals surface area contributed by atoms with Gasteiger partial charge in [0.25, 0.3) is 5.24 Å². The van der Waals surface area contributed by atoms with Crippen molar-refractivity contribution in [2.75, 3.05) is 18.8 Å². The molecule has 1 fully saturated rings. The van der Waals surface area contributed by atoms with Crippen LogP contribution in [0.1, 0.15) is 10.4 Å². The van der Waals surface area contributed by atoms with Crippen molar-refractivity contribution in [3.63, 3.8) is 0 Å². The summed E-state index contributed by atoms with van der Waals surface area (Å²) in [6.07, 6.45) is 0. The number of carbonyl (C=O) groups excluding carboxylic acids is 2. The quantitative estimate of drug-likeness (QED) is 0.780. The summed E-state index contributed by atoms with van der Waals surface area (Å²) in [4.78, 5) is 24.3. The monoisotopic (exact) mass is 257 g/mol. The van der Waals surface area contributed by atoms with E-state index in [9.17, 15) is 18.4 Å². The molecule has 0 spiro atoms. The average molecular weight is 257 g/mol. The minimum Gasteiger partial charge on any atom is -0.325 e. The molecule has 0 atom stereocenters. The van der Waals surface area contributed by atoms with Crippen molar-refractivity contribution in [1.82, 2.24) is 4.90 Å². The first-order valence-corrected chi connectivity index (χ1v) is 5.96. The van der Waals surface area contributed by atoms with Gasteiger partial charge in [-0.1, -0.05) is 11.8 Å². The van der Waals surface area contributed by atoms with Crippen LogP contribution in [0.4, 0.5) is 13.6 Å². The second-order valence-electron chi connectivity index (χ2n) is 3.58. The van der Waals surface area contributed by atoms with Crippen molar-refractivity contribution in [2.24, 2.45) is 0 Å². The number of ketones is 1. The smallest absolute Gasteiger partial charge is 0.282 e. The summed E-state index contributed by atoms with van der Waals surface area (Å²) >= 11 is 1.13. The third kappa shape index (κ3) is 2.63. The number of Topliss-reactive ketones (excluding diaryl/α,β-unsaturated/α-hetero) is 1. The van der Waals surface area contributed by atoms with Crippen LogP contribution in [-0.4, -0.2) is 34.8 Å². The number of carbonyl (C=O) groups is 2. The predicted molar refractivity (Wildman–Crippen MR) is 60.1 cm³/mol. The van der Waals surface area contributed by atoms with E-state index in [1.165, 1.54) is 4.90 Å². The molecule has 1 aliphatic rings. The third-order valence-electron chi connectivity index (χ3n) is 2.41. The second-order valence-corrected chi connectivity index (χ2v) is 4.63. The first-order chi connectivity index (χ1) is 8.08. The van der Waals surface area contributed by atoms with Crippen molar-refractivity contribution in [3.8, 4) is 0 Å². The minimum atomic E-state index is -0.894. The molecule has 6 heteroatoms.